The van der Waals surface area contributed by atoms with Gasteiger partial charge >= 0.3 is 0 Å². The Morgan fingerprint density at radius 2 is 2.58 bits per heavy atom. The van der Waals surface area contributed by atoms with Gasteiger partial charge < -0.3 is 9.47 Å². The van der Waals surface area contributed by atoms with Crippen molar-refractivity contribution in [1.82, 2.24) is 10.7 Å². The normalized spacial score (nSPS) is 21.5. The number of rotatable bonds is 5. The first-order valence-corrected chi connectivity index (χ1v) is 4.01. The average Bonchev–Trinajstić information content (AvgIpc) is 2.45. The van der Waals surface area contributed by atoms with Gasteiger partial charge in [-0.15, -0.1) is 5.10 Å². The highest BCUT2D eigenvalue weighted by molar-refractivity contribution is 5.73. The standard InChI is InChI=1S/C7H15N3O2/c1-6-9-10-7(12-6)8-4-3-5-11-2/h7-8,10H,3-5H2,1-2H3. The summed E-state index contributed by atoms with van der Waals surface area (Å²) in [6.07, 6.45) is 0.804. The second-order valence-corrected chi connectivity index (χ2v) is 2.56. The van der Waals surface area contributed by atoms with Crippen LogP contribution in [0.4, 0.5) is 0 Å². The van der Waals surface area contributed by atoms with Gasteiger partial charge in [-0.25, -0.2) is 0 Å². The largest absolute Gasteiger partial charge is 0.441 e. The quantitative estimate of drug-likeness (QED) is 0.568. The van der Waals surface area contributed by atoms with Crippen LogP contribution in [0.1, 0.15) is 13.3 Å². The molecule has 1 aliphatic rings. The molecule has 1 aliphatic heterocycles. The van der Waals surface area contributed by atoms with E-state index in [0.29, 0.717) is 5.90 Å². The Morgan fingerprint density at radius 3 is 3.17 bits per heavy atom. The predicted molar refractivity (Wildman–Crippen MR) is 45.6 cm³/mol. The maximum absolute atomic E-state index is 5.23. The minimum absolute atomic E-state index is 0.165. The molecule has 0 radical (unpaired) electrons. The molecule has 0 spiro atoms. The van der Waals surface area contributed by atoms with E-state index in [1.54, 1.807) is 7.11 Å². The van der Waals surface area contributed by atoms with E-state index in [4.69, 9.17) is 9.47 Å². The second-order valence-electron chi connectivity index (χ2n) is 2.56. The summed E-state index contributed by atoms with van der Waals surface area (Å²) in [4.78, 5) is 0. The molecule has 2 N–H and O–H groups in total. The fourth-order valence-electron chi connectivity index (χ4n) is 0.910. The molecule has 0 amide bonds. The summed E-state index contributed by atoms with van der Waals surface area (Å²) in [5, 5.41) is 6.99. The van der Waals surface area contributed by atoms with E-state index in [1.165, 1.54) is 0 Å². The summed E-state index contributed by atoms with van der Waals surface area (Å²) in [6.45, 7) is 3.43. The van der Waals surface area contributed by atoms with Crippen LogP contribution in [0.25, 0.3) is 0 Å². The molecule has 1 rings (SSSR count). The third-order valence-electron chi connectivity index (χ3n) is 1.48. The molecule has 5 nitrogen and oxygen atoms in total. The van der Waals surface area contributed by atoms with Crippen molar-refractivity contribution in [3.05, 3.63) is 0 Å². The highest BCUT2D eigenvalue weighted by atomic mass is 16.5. The first-order valence-electron chi connectivity index (χ1n) is 4.01. The monoisotopic (exact) mass is 173 g/mol. The van der Waals surface area contributed by atoms with Gasteiger partial charge in [0, 0.05) is 27.2 Å². The first-order chi connectivity index (χ1) is 5.83. The van der Waals surface area contributed by atoms with E-state index in [1.807, 2.05) is 6.92 Å². The molecule has 0 saturated heterocycles. The van der Waals surface area contributed by atoms with Crippen molar-refractivity contribution < 1.29 is 9.47 Å². The minimum Gasteiger partial charge on any atom is -0.441 e. The molecule has 0 saturated carbocycles. The minimum atomic E-state index is -0.165. The lowest BCUT2D eigenvalue weighted by Crippen LogP contribution is -2.39. The van der Waals surface area contributed by atoms with Crippen LogP contribution in [0.15, 0.2) is 5.10 Å². The summed E-state index contributed by atoms with van der Waals surface area (Å²) in [6, 6.07) is 0. The highest BCUT2D eigenvalue weighted by Gasteiger charge is 2.13. The Labute approximate surface area is 72.1 Å². The Balaban J connectivity index is 1.95. The summed E-state index contributed by atoms with van der Waals surface area (Å²) in [7, 11) is 1.69. The fourth-order valence-corrected chi connectivity index (χ4v) is 0.910. The van der Waals surface area contributed by atoms with Gasteiger partial charge in [0.1, 0.15) is 0 Å². The molecular weight excluding hydrogens is 158 g/mol. The van der Waals surface area contributed by atoms with Gasteiger partial charge in [-0.1, -0.05) is 0 Å². The van der Waals surface area contributed by atoms with Gasteiger partial charge in [-0.3, -0.25) is 10.7 Å². The van der Waals surface area contributed by atoms with E-state index in [2.05, 4.69) is 15.8 Å². The van der Waals surface area contributed by atoms with Crippen molar-refractivity contribution in [3.8, 4) is 0 Å². The zero-order chi connectivity index (χ0) is 8.81. The molecule has 1 heterocycles. The van der Waals surface area contributed by atoms with Crippen molar-refractivity contribution in [2.45, 2.75) is 19.7 Å². The van der Waals surface area contributed by atoms with Gasteiger partial charge in [0.25, 0.3) is 0 Å². The molecule has 0 aromatic heterocycles. The Bertz CT molecular complexity index is 161. The number of hydrogen-bond donors (Lipinski definition) is 2. The van der Waals surface area contributed by atoms with Gasteiger partial charge in [0.15, 0.2) is 0 Å². The number of ether oxygens (including phenoxy) is 2. The van der Waals surface area contributed by atoms with E-state index in [9.17, 15) is 0 Å². The third kappa shape index (κ3) is 3.06. The maximum Gasteiger partial charge on any atom is 0.243 e. The smallest absolute Gasteiger partial charge is 0.243 e. The Hall–Kier alpha value is -0.810. The summed E-state index contributed by atoms with van der Waals surface area (Å²) in [5.74, 6) is 0.666. The number of hydrazone groups is 1. The van der Waals surface area contributed by atoms with Crippen LogP contribution in [-0.4, -0.2) is 32.5 Å². The van der Waals surface area contributed by atoms with Crippen LogP contribution < -0.4 is 10.7 Å². The lowest BCUT2D eigenvalue weighted by molar-refractivity contribution is 0.137. The molecule has 0 bridgehead atoms. The summed E-state index contributed by atoms with van der Waals surface area (Å²) < 4.78 is 10.1. The van der Waals surface area contributed by atoms with Crippen LogP contribution in [0.3, 0.4) is 0 Å². The molecule has 0 aromatic carbocycles. The van der Waals surface area contributed by atoms with Crippen LogP contribution in [-0.2, 0) is 9.47 Å². The van der Waals surface area contributed by atoms with Gasteiger partial charge in [-0.05, 0) is 6.42 Å². The maximum atomic E-state index is 5.23. The zero-order valence-electron chi connectivity index (χ0n) is 7.46. The molecule has 0 aliphatic carbocycles. The number of nitrogens with zero attached hydrogens (tertiary/aromatic N) is 1. The molecular formula is C7H15N3O2. The molecule has 12 heavy (non-hydrogen) atoms. The van der Waals surface area contributed by atoms with Crippen LogP contribution >= 0.6 is 0 Å². The zero-order valence-corrected chi connectivity index (χ0v) is 7.46. The van der Waals surface area contributed by atoms with E-state index in [-0.39, 0.29) is 6.35 Å². The van der Waals surface area contributed by atoms with Gasteiger partial charge in [0.2, 0.25) is 12.2 Å². The van der Waals surface area contributed by atoms with Crippen molar-refractivity contribution in [2.75, 3.05) is 20.3 Å². The molecule has 1 atom stereocenters. The topological polar surface area (TPSA) is 54.9 Å². The van der Waals surface area contributed by atoms with E-state index in [0.717, 1.165) is 19.6 Å². The van der Waals surface area contributed by atoms with Crippen molar-refractivity contribution in [3.63, 3.8) is 0 Å². The Morgan fingerprint density at radius 1 is 1.75 bits per heavy atom. The molecule has 0 fully saturated rings. The van der Waals surface area contributed by atoms with Gasteiger partial charge in [0.05, 0.1) is 0 Å². The van der Waals surface area contributed by atoms with Crippen molar-refractivity contribution >= 4 is 5.90 Å². The van der Waals surface area contributed by atoms with Crippen molar-refractivity contribution in [2.24, 2.45) is 5.10 Å². The van der Waals surface area contributed by atoms with Crippen LogP contribution in [0, 0.1) is 0 Å². The van der Waals surface area contributed by atoms with Crippen molar-refractivity contribution in [1.29, 1.82) is 0 Å². The highest BCUT2D eigenvalue weighted by Crippen LogP contribution is 1.94. The van der Waals surface area contributed by atoms with Crippen LogP contribution in [0.5, 0.6) is 0 Å². The van der Waals surface area contributed by atoms with Gasteiger partial charge in [-0.2, -0.15) is 0 Å². The number of methoxy groups -OCH3 is 1. The molecule has 0 aromatic rings. The SMILES string of the molecule is COCCCNC1NN=C(C)O1. The Kier molecular flexibility index (Phi) is 3.83. The molecule has 1 unspecified atom stereocenters. The second kappa shape index (κ2) is 4.95. The lowest BCUT2D eigenvalue weighted by Gasteiger charge is -2.11. The predicted octanol–water partition coefficient (Wildman–Crippen LogP) is -0.151. The first kappa shape index (κ1) is 9.28. The number of hydrogen-bond acceptors (Lipinski definition) is 5. The molecule has 5 heteroatoms. The van der Waals surface area contributed by atoms with E-state index < -0.39 is 0 Å². The summed E-state index contributed by atoms with van der Waals surface area (Å²) in [5.41, 5.74) is 2.80. The fraction of sp³-hybridized carbons (Fsp3) is 0.857. The average molecular weight is 173 g/mol. The van der Waals surface area contributed by atoms with E-state index >= 15 is 0 Å². The van der Waals surface area contributed by atoms with Crippen LogP contribution in [0.2, 0.25) is 0 Å². The summed E-state index contributed by atoms with van der Waals surface area (Å²) >= 11 is 0. The lowest BCUT2D eigenvalue weighted by atomic mass is 10.4. The number of nitrogens with one attached hydrogen (secondary N) is 2. The molecule has 70 valence electrons. The third-order valence-corrected chi connectivity index (χ3v) is 1.48.